The number of carbonyl (C=O) groups excluding carboxylic acids is 1. The van der Waals surface area contributed by atoms with Gasteiger partial charge in [-0.05, 0) is 73.7 Å². The maximum Gasteiger partial charge on any atom is 0.257 e. The number of ether oxygens (including phenoxy) is 1. The number of aromatic hydroxyl groups is 2. The minimum absolute atomic E-state index is 0.0830. The lowest BCUT2D eigenvalue weighted by atomic mass is 10.0. The van der Waals surface area contributed by atoms with Crippen molar-refractivity contribution in [2.24, 2.45) is 0 Å². The van der Waals surface area contributed by atoms with Gasteiger partial charge in [-0.1, -0.05) is 11.6 Å². The third-order valence-corrected chi connectivity index (χ3v) is 4.53. The first kappa shape index (κ1) is 18.9. The predicted octanol–water partition coefficient (Wildman–Crippen LogP) is 3.41. The first-order valence-corrected chi connectivity index (χ1v) is 8.33. The van der Waals surface area contributed by atoms with Crippen LogP contribution in [-0.2, 0) is 11.2 Å². The molecule has 25 heavy (non-hydrogen) atoms. The third kappa shape index (κ3) is 5.03. The number of phenols is 2. The molecule has 134 valence electrons. The molecule has 1 amide bonds. The molecule has 0 saturated carbocycles. The zero-order valence-electron chi connectivity index (χ0n) is 14.5. The molecule has 0 bridgehead atoms. The minimum atomic E-state index is -0.231. The molecule has 0 aromatic heterocycles. The third-order valence-electron chi connectivity index (χ3n) is 3.93. The summed E-state index contributed by atoms with van der Waals surface area (Å²) in [7, 11) is 0. The summed E-state index contributed by atoms with van der Waals surface area (Å²) in [5.74, 6) is 0.0655. The first-order valence-electron chi connectivity index (χ1n) is 7.95. The Labute approximate surface area is 152 Å². The summed E-state index contributed by atoms with van der Waals surface area (Å²) >= 11 is 6.10. The number of hydrogen-bond donors (Lipinski definition) is 3. The summed E-state index contributed by atoms with van der Waals surface area (Å²) in [5.41, 5.74) is 3.52. The Morgan fingerprint density at radius 2 is 1.64 bits per heavy atom. The minimum Gasteiger partial charge on any atom is -0.504 e. The summed E-state index contributed by atoms with van der Waals surface area (Å²) in [6.45, 7) is 5.94. The van der Waals surface area contributed by atoms with Gasteiger partial charge in [0, 0.05) is 11.6 Å². The number of phenolic OH excluding ortho intramolecular Hbond substituents is 2. The van der Waals surface area contributed by atoms with Crippen LogP contribution in [0.4, 0.5) is 0 Å². The van der Waals surface area contributed by atoms with Gasteiger partial charge in [-0.3, -0.25) is 4.79 Å². The molecule has 6 heteroatoms. The molecule has 0 atom stereocenters. The molecule has 0 aliphatic carbocycles. The molecule has 0 aliphatic rings. The van der Waals surface area contributed by atoms with Gasteiger partial charge in [0.2, 0.25) is 0 Å². The highest BCUT2D eigenvalue weighted by Crippen LogP contribution is 2.28. The Kier molecular flexibility index (Phi) is 6.15. The van der Waals surface area contributed by atoms with Crippen molar-refractivity contribution in [3.63, 3.8) is 0 Å². The van der Waals surface area contributed by atoms with E-state index in [1.165, 1.54) is 12.1 Å². The molecular weight excluding hydrogens is 342 g/mol. The average Bonchev–Trinajstić information content (AvgIpc) is 2.55. The quantitative estimate of drug-likeness (QED) is 0.687. The summed E-state index contributed by atoms with van der Waals surface area (Å²) in [6.07, 6.45) is 0.546. The van der Waals surface area contributed by atoms with Gasteiger partial charge in [0.1, 0.15) is 5.75 Å². The second kappa shape index (κ2) is 8.12. The molecule has 0 spiro atoms. The van der Waals surface area contributed by atoms with E-state index < -0.39 is 0 Å². The fraction of sp³-hybridized carbons (Fsp3) is 0.316. The normalized spacial score (nSPS) is 10.6. The number of hydrogen-bond acceptors (Lipinski definition) is 4. The molecule has 2 rings (SSSR count). The lowest BCUT2D eigenvalue weighted by Crippen LogP contribution is -2.30. The van der Waals surface area contributed by atoms with Crippen LogP contribution in [0.25, 0.3) is 0 Å². The summed E-state index contributed by atoms with van der Waals surface area (Å²) in [4.78, 5) is 11.9. The molecule has 3 N–H and O–H groups in total. The van der Waals surface area contributed by atoms with E-state index in [1.807, 2.05) is 20.8 Å². The lowest BCUT2D eigenvalue weighted by Gasteiger charge is -2.11. The van der Waals surface area contributed by atoms with Gasteiger partial charge >= 0.3 is 0 Å². The number of rotatable bonds is 6. The number of aryl methyl sites for hydroxylation is 3. The first-order chi connectivity index (χ1) is 11.8. The summed E-state index contributed by atoms with van der Waals surface area (Å²) < 4.78 is 5.50. The maximum atomic E-state index is 11.9. The van der Waals surface area contributed by atoms with Crippen molar-refractivity contribution in [1.82, 2.24) is 5.32 Å². The topological polar surface area (TPSA) is 78.8 Å². The van der Waals surface area contributed by atoms with Crippen LogP contribution in [0.5, 0.6) is 17.2 Å². The number of amides is 1. The van der Waals surface area contributed by atoms with Crippen LogP contribution >= 0.6 is 11.6 Å². The zero-order chi connectivity index (χ0) is 18.6. The van der Waals surface area contributed by atoms with Crippen molar-refractivity contribution in [1.29, 1.82) is 0 Å². The molecule has 2 aromatic rings. The molecule has 0 saturated heterocycles. The molecule has 2 aromatic carbocycles. The van der Waals surface area contributed by atoms with Gasteiger partial charge < -0.3 is 20.3 Å². The van der Waals surface area contributed by atoms with Gasteiger partial charge in [-0.15, -0.1) is 0 Å². The van der Waals surface area contributed by atoms with E-state index in [1.54, 1.807) is 12.1 Å². The van der Waals surface area contributed by atoms with E-state index in [-0.39, 0.29) is 24.0 Å². The average molecular weight is 364 g/mol. The fourth-order valence-corrected chi connectivity index (χ4v) is 2.63. The maximum absolute atomic E-state index is 11.9. The Bertz CT molecular complexity index is 766. The Balaban J connectivity index is 1.82. The summed E-state index contributed by atoms with van der Waals surface area (Å²) in [6, 6.07) is 6.60. The van der Waals surface area contributed by atoms with Crippen molar-refractivity contribution in [2.45, 2.75) is 27.2 Å². The number of carbonyl (C=O) groups is 1. The highest BCUT2D eigenvalue weighted by atomic mass is 35.5. The SMILES string of the molecule is Cc1cc(O)c(O)cc1CCNC(=O)COc1cc(C)c(Cl)c(C)c1. The number of halogens is 1. The molecular formula is C19H22ClNO4. The number of benzene rings is 2. The highest BCUT2D eigenvalue weighted by Gasteiger charge is 2.08. The molecule has 0 aliphatic heterocycles. The largest absolute Gasteiger partial charge is 0.504 e. The van der Waals surface area contributed by atoms with Crippen LogP contribution in [0.3, 0.4) is 0 Å². The lowest BCUT2D eigenvalue weighted by molar-refractivity contribution is -0.123. The van der Waals surface area contributed by atoms with E-state index in [0.717, 1.165) is 22.3 Å². The Hall–Kier alpha value is -2.40. The smallest absolute Gasteiger partial charge is 0.257 e. The van der Waals surface area contributed by atoms with Crippen molar-refractivity contribution < 1.29 is 19.7 Å². The van der Waals surface area contributed by atoms with Crippen LogP contribution < -0.4 is 10.1 Å². The molecule has 0 fully saturated rings. The summed E-state index contributed by atoms with van der Waals surface area (Å²) in [5, 5.41) is 22.4. The van der Waals surface area contributed by atoms with E-state index in [9.17, 15) is 15.0 Å². The van der Waals surface area contributed by atoms with Gasteiger partial charge in [0.15, 0.2) is 18.1 Å². The van der Waals surface area contributed by atoms with E-state index in [0.29, 0.717) is 23.7 Å². The zero-order valence-corrected chi connectivity index (χ0v) is 15.3. The molecule has 5 nitrogen and oxygen atoms in total. The van der Waals surface area contributed by atoms with Crippen molar-refractivity contribution in [3.8, 4) is 17.2 Å². The van der Waals surface area contributed by atoms with Gasteiger partial charge in [0.25, 0.3) is 5.91 Å². The van der Waals surface area contributed by atoms with E-state index >= 15 is 0 Å². The van der Waals surface area contributed by atoms with Gasteiger partial charge in [0.05, 0.1) is 0 Å². The van der Waals surface area contributed by atoms with Gasteiger partial charge in [-0.25, -0.2) is 0 Å². The van der Waals surface area contributed by atoms with Crippen molar-refractivity contribution in [3.05, 3.63) is 51.5 Å². The molecule has 0 heterocycles. The fourth-order valence-electron chi connectivity index (χ4n) is 2.52. The van der Waals surface area contributed by atoms with E-state index in [2.05, 4.69) is 5.32 Å². The van der Waals surface area contributed by atoms with Crippen molar-refractivity contribution >= 4 is 17.5 Å². The van der Waals surface area contributed by atoms with Crippen LogP contribution in [-0.4, -0.2) is 29.3 Å². The Morgan fingerprint density at radius 1 is 1.04 bits per heavy atom. The van der Waals surface area contributed by atoms with E-state index in [4.69, 9.17) is 16.3 Å². The number of nitrogens with one attached hydrogen (secondary N) is 1. The standard InChI is InChI=1S/C19H22ClNO4/c1-11-8-16(22)17(23)9-14(11)4-5-21-18(24)10-25-15-6-12(2)19(20)13(3)7-15/h6-9,22-23H,4-5,10H2,1-3H3,(H,21,24). The monoisotopic (exact) mass is 363 g/mol. The van der Waals surface area contributed by atoms with Crippen molar-refractivity contribution in [2.75, 3.05) is 13.2 Å². The molecule has 0 radical (unpaired) electrons. The second-order valence-electron chi connectivity index (χ2n) is 6.03. The second-order valence-corrected chi connectivity index (χ2v) is 6.41. The van der Waals surface area contributed by atoms with Gasteiger partial charge in [-0.2, -0.15) is 0 Å². The van der Waals surface area contributed by atoms with Crippen LogP contribution in [0.15, 0.2) is 24.3 Å². The Morgan fingerprint density at radius 3 is 2.28 bits per heavy atom. The predicted molar refractivity (Wildman–Crippen MR) is 97.6 cm³/mol. The van der Waals surface area contributed by atoms with Crippen LogP contribution in [0.1, 0.15) is 22.3 Å². The van der Waals surface area contributed by atoms with Crippen LogP contribution in [0, 0.1) is 20.8 Å². The van der Waals surface area contributed by atoms with Crippen LogP contribution in [0.2, 0.25) is 5.02 Å². The molecule has 0 unspecified atom stereocenters. The highest BCUT2D eigenvalue weighted by molar-refractivity contribution is 6.32.